The Labute approximate surface area is 363 Å². The molecule has 6 aromatic carbocycles. The van der Waals surface area contributed by atoms with Gasteiger partial charge in [0.05, 0.1) is 5.41 Å². The van der Waals surface area contributed by atoms with E-state index in [2.05, 4.69) is 182 Å². The fourth-order valence-corrected chi connectivity index (χ4v) is 8.08. The van der Waals surface area contributed by atoms with E-state index in [0.29, 0.717) is 5.69 Å². The molecule has 0 aromatic heterocycles. The molecule has 0 spiro atoms. The fraction of sp³-hybridized carbons (Fsp3) is 0.0690. The summed E-state index contributed by atoms with van der Waals surface area (Å²) in [4.78, 5) is 0. The van der Waals surface area contributed by atoms with E-state index in [0.717, 1.165) is 62.9 Å². The van der Waals surface area contributed by atoms with Gasteiger partial charge in [-0.2, -0.15) is 0 Å². The van der Waals surface area contributed by atoms with Crippen LogP contribution in [0.1, 0.15) is 55.6 Å². The van der Waals surface area contributed by atoms with E-state index in [9.17, 15) is 0 Å². The fourth-order valence-electron chi connectivity index (χ4n) is 8.08. The summed E-state index contributed by atoms with van der Waals surface area (Å²) in [5, 5.41) is 0. The van der Waals surface area contributed by atoms with Gasteiger partial charge in [0.2, 0.25) is 0 Å². The van der Waals surface area contributed by atoms with Crippen LogP contribution in [0.25, 0.3) is 23.3 Å². The van der Waals surface area contributed by atoms with Gasteiger partial charge in [-0.3, -0.25) is 0 Å². The highest BCUT2D eigenvalue weighted by molar-refractivity contribution is 5.81. The summed E-state index contributed by atoms with van der Waals surface area (Å²) < 4.78 is 0. The molecule has 0 radical (unpaired) electrons. The third kappa shape index (κ3) is 10.1. The summed E-state index contributed by atoms with van der Waals surface area (Å²) in [6, 6.07) is 53.4. The van der Waals surface area contributed by atoms with Crippen LogP contribution in [0, 0.1) is 0 Å². The maximum Gasteiger partial charge on any atom is 0.0724 e. The lowest BCUT2D eigenvalue weighted by Gasteiger charge is -2.40. The number of fused-ring (bicyclic) bond motifs is 2. The van der Waals surface area contributed by atoms with Gasteiger partial charge in [-0.15, -0.1) is 0 Å². The van der Waals surface area contributed by atoms with Crippen LogP contribution in [0.5, 0.6) is 0 Å². The number of anilines is 1. The molecule has 0 amide bonds. The number of nitrogens with two attached hydrogens (primary N) is 3. The molecular formula is C58H55N3. The van der Waals surface area contributed by atoms with Crippen molar-refractivity contribution >= 4 is 29.0 Å². The van der Waals surface area contributed by atoms with Gasteiger partial charge in [-0.25, -0.2) is 0 Å². The Bertz CT molecular complexity index is 2650. The molecule has 0 fully saturated rings. The summed E-state index contributed by atoms with van der Waals surface area (Å²) in [5.74, 6) is 0. The van der Waals surface area contributed by atoms with Gasteiger partial charge >= 0.3 is 0 Å². The van der Waals surface area contributed by atoms with Crippen molar-refractivity contribution in [1.82, 2.24) is 0 Å². The molecule has 1 atom stereocenters. The summed E-state index contributed by atoms with van der Waals surface area (Å²) in [7, 11) is 1.50. The maximum absolute atomic E-state index is 7.12. The Morgan fingerprint density at radius 2 is 1.31 bits per heavy atom. The van der Waals surface area contributed by atoms with Crippen molar-refractivity contribution in [3.8, 4) is 0 Å². The summed E-state index contributed by atoms with van der Waals surface area (Å²) in [6.07, 6.45) is 28.2. The Morgan fingerprint density at radius 1 is 0.623 bits per heavy atom. The van der Waals surface area contributed by atoms with Gasteiger partial charge in [0.25, 0.3) is 0 Å². The standard InChI is InChI=1S/C57H50N2.CH5N/c1-3-4-5-10-25-49-26-15-16-30-53(49)57(54-31-17-18-32-56(54)59)43(2)33-35-46-24-13-14-27-50(46)41-52-38-37-51(42-55(52)57)47(36-34-44-20-8-6-9-21-44)28-19-29-48(39-40-58)45-22-11-7-12-23-45;1-2/h3-33,35-40,42H,1-2,34,41,58-59H2;2H2,1H3/b5-4-,25-10-,28-19+,35-33-,40-39-,47-36+,48-29+;. The second kappa shape index (κ2) is 21.5. The zero-order valence-electron chi connectivity index (χ0n) is 35.0. The monoisotopic (exact) mass is 793 g/mol. The molecule has 0 heterocycles. The second-order valence-corrected chi connectivity index (χ2v) is 14.6. The molecule has 3 heteroatoms. The van der Waals surface area contributed by atoms with Crippen LogP contribution in [0.15, 0.2) is 237 Å². The van der Waals surface area contributed by atoms with Crippen LogP contribution >= 0.6 is 0 Å². The van der Waals surface area contributed by atoms with E-state index in [-0.39, 0.29) is 0 Å². The van der Waals surface area contributed by atoms with E-state index in [1.807, 2.05) is 48.6 Å². The predicted octanol–water partition coefficient (Wildman–Crippen LogP) is 12.8. The minimum absolute atomic E-state index is 0.701. The van der Waals surface area contributed by atoms with Crippen molar-refractivity contribution in [3.63, 3.8) is 0 Å². The highest BCUT2D eigenvalue weighted by atomic mass is 14.6. The molecule has 3 nitrogen and oxygen atoms in total. The van der Waals surface area contributed by atoms with E-state index in [1.165, 1.54) is 29.3 Å². The first-order chi connectivity index (χ1) is 30.0. The maximum atomic E-state index is 7.12. The quantitative estimate of drug-likeness (QED) is 0.0853. The minimum Gasteiger partial charge on any atom is -0.405 e. The molecule has 0 bridgehead atoms. The molecule has 0 aliphatic heterocycles. The van der Waals surface area contributed by atoms with Gasteiger partial charge in [0.1, 0.15) is 0 Å². The van der Waals surface area contributed by atoms with Crippen molar-refractivity contribution in [1.29, 1.82) is 0 Å². The first-order valence-electron chi connectivity index (χ1n) is 20.7. The summed E-state index contributed by atoms with van der Waals surface area (Å²) >= 11 is 0. The molecule has 7 rings (SSSR count). The Balaban J connectivity index is 0.00000307. The van der Waals surface area contributed by atoms with Gasteiger partial charge in [-0.1, -0.05) is 220 Å². The molecule has 6 aromatic rings. The average molecular weight is 794 g/mol. The van der Waals surface area contributed by atoms with Crippen LogP contribution < -0.4 is 17.2 Å². The minimum atomic E-state index is -0.876. The SMILES string of the molecule is C=C/C=C\C=C/c1ccccc1C1(c2ccccc2N)C(=C)/C=C\c2ccccc2Cc2ccc(C(/C=C/C=C(\C=C/N)c3ccccc3)=C/Cc3ccccc3)cc21.CN. The largest absolute Gasteiger partial charge is 0.405 e. The topological polar surface area (TPSA) is 78.1 Å². The molecule has 302 valence electrons. The number of hydrogen-bond donors (Lipinski definition) is 3. The zero-order valence-corrected chi connectivity index (χ0v) is 35.0. The number of benzene rings is 6. The van der Waals surface area contributed by atoms with Gasteiger partial charge in [-0.05, 0) is 117 Å². The highest BCUT2D eigenvalue weighted by Gasteiger charge is 2.43. The number of hydrogen-bond acceptors (Lipinski definition) is 3. The van der Waals surface area contributed by atoms with Crippen molar-refractivity contribution in [3.05, 3.63) is 293 Å². The van der Waals surface area contributed by atoms with Crippen LogP contribution in [0.2, 0.25) is 0 Å². The Morgan fingerprint density at radius 3 is 2.07 bits per heavy atom. The average Bonchev–Trinajstić information content (AvgIpc) is 3.36. The lowest BCUT2D eigenvalue weighted by atomic mass is 9.61. The van der Waals surface area contributed by atoms with E-state index < -0.39 is 5.41 Å². The van der Waals surface area contributed by atoms with Crippen molar-refractivity contribution < 1.29 is 0 Å². The van der Waals surface area contributed by atoms with Crippen molar-refractivity contribution in [2.75, 3.05) is 12.8 Å². The van der Waals surface area contributed by atoms with Crippen molar-refractivity contribution in [2.24, 2.45) is 11.5 Å². The first-order valence-corrected chi connectivity index (χ1v) is 20.7. The van der Waals surface area contributed by atoms with Gasteiger partial charge in [0.15, 0.2) is 0 Å². The second-order valence-electron chi connectivity index (χ2n) is 14.6. The molecule has 1 unspecified atom stereocenters. The van der Waals surface area contributed by atoms with Gasteiger partial charge < -0.3 is 17.2 Å². The highest BCUT2D eigenvalue weighted by Crippen LogP contribution is 2.51. The molecule has 0 saturated carbocycles. The smallest absolute Gasteiger partial charge is 0.0724 e. The van der Waals surface area contributed by atoms with Crippen LogP contribution in [-0.4, -0.2) is 7.05 Å². The van der Waals surface area contributed by atoms with Gasteiger partial charge in [0, 0.05) is 5.69 Å². The van der Waals surface area contributed by atoms with E-state index in [1.54, 1.807) is 12.3 Å². The predicted molar refractivity (Wildman–Crippen MR) is 265 cm³/mol. The van der Waals surface area contributed by atoms with E-state index in [4.69, 9.17) is 18.0 Å². The van der Waals surface area contributed by atoms with E-state index >= 15 is 0 Å². The lowest BCUT2D eigenvalue weighted by Crippen LogP contribution is -2.34. The number of rotatable bonds is 12. The number of para-hydroxylation sites is 1. The summed E-state index contributed by atoms with van der Waals surface area (Å²) in [6.45, 7) is 8.81. The number of nitrogen functional groups attached to an aromatic ring is 1. The molecule has 1 aliphatic carbocycles. The normalized spacial score (nSPS) is 16.1. The summed E-state index contributed by atoms with van der Waals surface area (Å²) in [5.41, 5.74) is 31.7. The zero-order chi connectivity index (χ0) is 42.9. The molecule has 1 aliphatic rings. The number of allylic oxidation sites excluding steroid dienone is 13. The Kier molecular flexibility index (Phi) is 15.2. The van der Waals surface area contributed by atoms with Crippen LogP contribution in [-0.2, 0) is 18.3 Å². The van der Waals surface area contributed by atoms with Crippen LogP contribution in [0.3, 0.4) is 0 Å². The molecule has 6 N–H and O–H groups in total. The Hall–Kier alpha value is -7.46. The molecule has 0 saturated heterocycles. The van der Waals surface area contributed by atoms with Crippen molar-refractivity contribution in [2.45, 2.75) is 18.3 Å². The molecular weight excluding hydrogens is 739 g/mol. The third-order valence-corrected chi connectivity index (χ3v) is 10.9. The van der Waals surface area contributed by atoms with Crippen LogP contribution in [0.4, 0.5) is 5.69 Å². The molecule has 61 heavy (non-hydrogen) atoms. The lowest BCUT2D eigenvalue weighted by molar-refractivity contribution is 0.737. The first kappa shape index (κ1) is 43.1. The third-order valence-electron chi connectivity index (χ3n) is 10.9.